The average molecular weight is 281 g/mol. The zero-order chi connectivity index (χ0) is 12.8. The van der Waals surface area contributed by atoms with Crippen LogP contribution < -0.4 is 15.8 Å². The molecule has 0 heterocycles. The first-order valence-electron chi connectivity index (χ1n) is 5.08. The van der Waals surface area contributed by atoms with Crippen LogP contribution in [-0.2, 0) is 0 Å². The van der Waals surface area contributed by atoms with Crippen LogP contribution in [0.3, 0.4) is 0 Å². The summed E-state index contributed by atoms with van der Waals surface area (Å²) < 4.78 is 28.2. The number of hydrogen-bond acceptors (Lipinski definition) is 3. The Morgan fingerprint density at radius 1 is 1.50 bits per heavy atom. The number of halogens is 3. The first kappa shape index (κ1) is 16.6. The maximum Gasteiger partial charge on any atom is 0.387 e. The van der Waals surface area contributed by atoms with E-state index in [2.05, 4.69) is 10.1 Å². The van der Waals surface area contributed by atoms with Crippen molar-refractivity contribution in [2.24, 2.45) is 5.73 Å². The van der Waals surface area contributed by atoms with Gasteiger partial charge in [-0.3, -0.25) is 4.79 Å². The Balaban J connectivity index is 0.00000289. The van der Waals surface area contributed by atoms with E-state index in [0.717, 1.165) is 0 Å². The molecule has 0 aliphatic heterocycles. The monoisotopic (exact) mass is 280 g/mol. The van der Waals surface area contributed by atoms with E-state index in [4.69, 9.17) is 5.73 Å². The molecule has 1 amide bonds. The predicted molar refractivity (Wildman–Crippen MR) is 66.3 cm³/mol. The minimum Gasteiger partial charge on any atom is -0.435 e. The van der Waals surface area contributed by atoms with Gasteiger partial charge in [0.2, 0.25) is 0 Å². The van der Waals surface area contributed by atoms with E-state index in [1.165, 1.54) is 24.3 Å². The lowest BCUT2D eigenvalue weighted by atomic mass is 10.2. The Labute approximate surface area is 110 Å². The standard InChI is InChI=1S/C11H14F2N2O2.ClH/c1-7(6-14)15-10(16)8-3-2-4-9(5-8)17-11(12)13;/h2-5,7,11H,6,14H2,1H3,(H,15,16);1H/t7-;/m0./s1. The molecule has 0 spiro atoms. The molecule has 18 heavy (non-hydrogen) atoms. The van der Waals surface area contributed by atoms with E-state index in [1.807, 2.05) is 0 Å². The van der Waals surface area contributed by atoms with Crippen LogP contribution in [0, 0.1) is 0 Å². The minimum atomic E-state index is -2.91. The van der Waals surface area contributed by atoms with Gasteiger partial charge in [0, 0.05) is 18.2 Å². The molecule has 0 fully saturated rings. The lowest BCUT2D eigenvalue weighted by Crippen LogP contribution is -2.37. The molecule has 0 unspecified atom stereocenters. The van der Waals surface area contributed by atoms with Gasteiger partial charge in [-0.2, -0.15) is 8.78 Å². The average Bonchev–Trinajstić information content (AvgIpc) is 2.28. The third-order valence-corrected chi connectivity index (χ3v) is 2.05. The molecule has 1 atom stereocenters. The molecular weight excluding hydrogens is 266 g/mol. The molecule has 1 aromatic rings. The molecule has 7 heteroatoms. The van der Waals surface area contributed by atoms with Crippen LogP contribution >= 0.6 is 12.4 Å². The van der Waals surface area contributed by atoms with Crippen LogP contribution in [0.2, 0.25) is 0 Å². The molecular formula is C11H15ClF2N2O2. The summed E-state index contributed by atoms with van der Waals surface area (Å²) in [7, 11) is 0. The van der Waals surface area contributed by atoms with Crippen LogP contribution in [0.1, 0.15) is 17.3 Å². The van der Waals surface area contributed by atoms with Gasteiger partial charge in [0.15, 0.2) is 0 Å². The zero-order valence-corrected chi connectivity index (χ0v) is 10.5. The fourth-order valence-corrected chi connectivity index (χ4v) is 1.18. The third-order valence-electron chi connectivity index (χ3n) is 2.05. The van der Waals surface area contributed by atoms with Gasteiger partial charge in [0.05, 0.1) is 0 Å². The van der Waals surface area contributed by atoms with Gasteiger partial charge in [0.1, 0.15) is 5.75 Å². The summed E-state index contributed by atoms with van der Waals surface area (Å²) in [5.74, 6) is -0.421. The second kappa shape index (κ2) is 7.84. The highest BCUT2D eigenvalue weighted by Crippen LogP contribution is 2.15. The van der Waals surface area contributed by atoms with Gasteiger partial charge in [-0.25, -0.2) is 0 Å². The van der Waals surface area contributed by atoms with Crippen molar-refractivity contribution in [3.63, 3.8) is 0 Å². The second-order valence-electron chi connectivity index (χ2n) is 3.52. The Morgan fingerprint density at radius 3 is 2.72 bits per heavy atom. The van der Waals surface area contributed by atoms with Crippen LogP contribution in [0.5, 0.6) is 5.75 Å². The zero-order valence-electron chi connectivity index (χ0n) is 9.73. The number of amides is 1. The largest absolute Gasteiger partial charge is 0.435 e. The summed E-state index contributed by atoms with van der Waals surface area (Å²) >= 11 is 0. The number of nitrogens with two attached hydrogens (primary N) is 1. The number of carbonyl (C=O) groups is 1. The molecule has 0 saturated carbocycles. The molecule has 102 valence electrons. The van der Waals surface area contributed by atoms with Crippen LogP contribution in [0.4, 0.5) is 8.78 Å². The van der Waals surface area contributed by atoms with Crippen LogP contribution in [0.25, 0.3) is 0 Å². The smallest absolute Gasteiger partial charge is 0.387 e. The highest BCUT2D eigenvalue weighted by Gasteiger charge is 2.11. The van der Waals surface area contributed by atoms with Crippen molar-refractivity contribution >= 4 is 18.3 Å². The molecule has 0 aromatic heterocycles. The maximum atomic E-state index is 12.0. The van der Waals surface area contributed by atoms with Crippen molar-refractivity contribution in [3.8, 4) is 5.75 Å². The number of alkyl halides is 2. The number of nitrogens with one attached hydrogen (secondary N) is 1. The summed E-state index contributed by atoms with van der Waals surface area (Å²) in [6.07, 6.45) is 0. The van der Waals surface area contributed by atoms with Crippen LogP contribution in [-0.4, -0.2) is 25.1 Å². The summed E-state index contributed by atoms with van der Waals surface area (Å²) in [4.78, 5) is 11.6. The molecule has 0 saturated heterocycles. The summed E-state index contributed by atoms with van der Waals surface area (Å²) in [6.45, 7) is -0.854. The van der Waals surface area contributed by atoms with Crippen molar-refractivity contribution < 1.29 is 18.3 Å². The van der Waals surface area contributed by atoms with E-state index in [1.54, 1.807) is 6.92 Å². The molecule has 3 N–H and O–H groups in total. The number of rotatable bonds is 5. The van der Waals surface area contributed by atoms with Crippen molar-refractivity contribution in [2.45, 2.75) is 19.6 Å². The highest BCUT2D eigenvalue weighted by atomic mass is 35.5. The van der Waals surface area contributed by atoms with E-state index in [-0.39, 0.29) is 35.7 Å². The van der Waals surface area contributed by atoms with Crippen molar-refractivity contribution in [2.75, 3.05) is 6.54 Å². The van der Waals surface area contributed by atoms with Crippen LogP contribution in [0.15, 0.2) is 24.3 Å². The Kier molecular flexibility index (Phi) is 7.23. The van der Waals surface area contributed by atoms with E-state index >= 15 is 0 Å². The lowest BCUT2D eigenvalue weighted by molar-refractivity contribution is -0.0498. The maximum absolute atomic E-state index is 12.0. The van der Waals surface area contributed by atoms with Gasteiger partial charge in [-0.1, -0.05) is 6.07 Å². The molecule has 1 aromatic carbocycles. The van der Waals surface area contributed by atoms with Gasteiger partial charge in [-0.05, 0) is 25.1 Å². The van der Waals surface area contributed by atoms with E-state index in [9.17, 15) is 13.6 Å². The van der Waals surface area contributed by atoms with Crippen molar-refractivity contribution in [1.29, 1.82) is 0 Å². The van der Waals surface area contributed by atoms with E-state index < -0.39 is 6.61 Å². The normalized spacial score (nSPS) is 11.6. The molecule has 0 radical (unpaired) electrons. The van der Waals surface area contributed by atoms with E-state index in [0.29, 0.717) is 6.54 Å². The van der Waals surface area contributed by atoms with Gasteiger partial charge >= 0.3 is 6.61 Å². The fraction of sp³-hybridized carbons (Fsp3) is 0.364. The number of ether oxygens (including phenoxy) is 1. The predicted octanol–water partition coefficient (Wildman–Crippen LogP) is 1.79. The van der Waals surface area contributed by atoms with Gasteiger partial charge in [-0.15, -0.1) is 12.4 Å². The number of benzene rings is 1. The molecule has 0 bridgehead atoms. The summed E-state index contributed by atoms with van der Waals surface area (Å²) in [5, 5.41) is 2.62. The Hall–Kier alpha value is -1.40. The first-order chi connectivity index (χ1) is 8.02. The number of hydrogen-bond donors (Lipinski definition) is 2. The van der Waals surface area contributed by atoms with Crippen molar-refractivity contribution in [3.05, 3.63) is 29.8 Å². The highest BCUT2D eigenvalue weighted by molar-refractivity contribution is 5.94. The van der Waals surface area contributed by atoms with Gasteiger partial charge < -0.3 is 15.8 Å². The summed E-state index contributed by atoms with van der Waals surface area (Å²) in [6, 6.07) is 5.42. The molecule has 0 aliphatic carbocycles. The SMILES string of the molecule is C[C@@H](CN)NC(=O)c1cccc(OC(F)F)c1.Cl. The van der Waals surface area contributed by atoms with Gasteiger partial charge in [0.25, 0.3) is 5.91 Å². The minimum absolute atomic E-state index is 0. The molecule has 4 nitrogen and oxygen atoms in total. The Morgan fingerprint density at radius 2 is 2.17 bits per heavy atom. The third kappa shape index (κ3) is 5.29. The topological polar surface area (TPSA) is 64.3 Å². The lowest BCUT2D eigenvalue weighted by Gasteiger charge is -2.12. The first-order valence-corrected chi connectivity index (χ1v) is 5.08. The van der Waals surface area contributed by atoms with Crippen molar-refractivity contribution in [1.82, 2.24) is 5.32 Å². The number of carbonyl (C=O) groups excluding carboxylic acids is 1. The quantitative estimate of drug-likeness (QED) is 0.864. The molecule has 0 aliphatic rings. The second-order valence-corrected chi connectivity index (χ2v) is 3.52. The Bertz CT molecular complexity index is 391. The summed E-state index contributed by atoms with van der Waals surface area (Å²) in [5.41, 5.74) is 5.61. The molecule has 1 rings (SSSR count). The fourth-order valence-electron chi connectivity index (χ4n) is 1.18.